The summed E-state index contributed by atoms with van der Waals surface area (Å²) in [6.07, 6.45) is 7.59. The van der Waals surface area contributed by atoms with Gasteiger partial charge in [-0.15, -0.1) is 0 Å². The van der Waals surface area contributed by atoms with Crippen LogP contribution >= 0.6 is 0 Å². The van der Waals surface area contributed by atoms with Gasteiger partial charge in [-0.3, -0.25) is 0 Å². The first-order chi connectivity index (χ1) is 16.0. The highest BCUT2D eigenvalue weighted by Crippen LogP contribution is 2.36. The van der Waals surface area contributed by atoms with Gasteiger partial charge in [-0.2, -0.15) is 0 Å². The van der Waals surface area contributed by atoms with Gasteiger partial charge in [-0.05, 0) is 68.0 Å². The van der Waals surface area contributed by atoms with Gasteiger partial charge in [0.2, 0.25) is 0 Å². The zero-order chi connectivity index (χ0) is 23.3. The van der Waals surface area contributed by atoms with Gasteiger partial charge in [0, 0.05) is 5.41 Å². The zero-order valence-corrected chi connectivity index (χ0v) is 18.5. The minimum atomic E-state index is -0.417. The molecule has 0 radical (unpaired) electrons. The quantitative estimate of drug-likeness (QED) is 0.342. The molecular weight excluding hydrogens is 412 g/mol. The Morgan fingerprint density at radius 3 is 1.82 bits per heavy atom. The highest BCUT2D eigenvalue weighted by Gasteiger charge is 2.27. The van der Waals surface area contributed by atoms with Crippen molar-refractivity contribution in [2.24, 2.45) is 0 Å². The van der Waals surface area contributed by atoms with Crippen molar-refractivity contribution < 1.29 is 19.1 Å². The Hall–Kier alpha value is -4.18. The molecule has 0 aromatic heterocycles. The van der Waals surface area contributed by atoms with Crippen LogP contribution in [0.4, 0.5) is 0 Å². The molecule has 4 rings (SSSR count). The summed E-state index contributed by atoms with van der Waals surface area (Å²) in [5.41, 5.74) is 2.69. The summed E-state index contributed by atoms with van der Waals surface area (Å²) in [4.78, 5) is 24.7. The van der Waals surface area contributed by atoms with Crippen molar-refractivity contribution in [3.05, 3.63) is 137 Å². The Morgan fingerprint density at radius 1 is 0.697 bits per heavy atom. The number of hydrogen-bond acceptors (Lipinski definition) is 4. The van der Waals surface area contributed by atoms with Gasteiger partial charge in [-0.1, -0.05) is 66.3 Å². The molecule has 0 bridgehead atoms. The smallest absolute Gasteiger partial charge is 0.343 e. The molecule has 0 saturated carbocycles. The van der Waals surface area contributed by atoms with E-state index in [9.17, 15) is 9.59 Å². The summed E-state index contributed by atoms with van der Waals surface area (Å²) in [6.45, 7) is 4.13. The molecule has 1 atom stereocenters. The van der Waals surface area contributed by atoms with E-state index in [-0.39, 0.29) is 0 Å². The molecule has 4 heteroatoms. The summed E-state index contributed by atoms with van der Waals surface area (Å²) in [5, 5.41) is 0. The van der Waals surface area contributed by atoms with Crippen LogP contribution in [-0.4, -0.2) is 11.9 Å². The molecule has 0 amide bonds. The van der Waals surface area contributed by atoms with Crippen LogP contribution < -0.4 is 4.74 Å². The molecule has 0 saturated heterocycles. The summed E-state index contributed by atoms with van der Waals surface area (Å²) in [5.74, 6) is 0.159. The fraction of sp³-hybridized carbons (Fsp3) is 0.103. The maximum atomic E-state index is 12.4. The van der Waals surface area contributed by atoms with Crippen LogP contribution in [-0.2, 0) is 10.2 Å². The lowest BCUT2D eigenvalue weighted by Crippen LogP contribution is -2.20. The van der Waals surface area contributed by atoms with E-state index in [1.165, 1.54) is 0 Å². The molecule has 3 aromatic carbocycles. The summed E-state index contributed by atoms with van der Waals surface area (Å²) in [6, 6.07) is 25.3. The van der Waals surface area contributed by atoms with Gasteiger partial charge in [0.15, 0.2) is 0 Å². The molecule has 1 aliphatic rings. The van der Waals surface area contributed by atoms with E-state index in [4.69, 9.17) is 9.47 Å². The Kier molecular flexibility index (Phi) is 6.36. The average Bonchev–Trinajstić information content (AvgIpc) is 3.00. The summed E-state index contributed by atoms with van der Waals surface area (Å²) < 4.78 is 11.1. The number of ether oxygens (including phenoxy) is 2. The van der Waals surface area contributed by atoms with Gasteiger partial charge in [0.1, 0.15) is 11.5 Å². The van der Waals surface area contributed by atoms with Crippen molar-refractivity contribution in [3.8, 4) is 5.75 Å². The third-order valence-electron chi connectivity index (χ3n) is 5.79. The number of benzene rings is 3. The number of carbonyl (C=O) groups excluding carboxylic acids is 2. The topological polar surface area (TPSA) is 52.6 Å². The van der Waals surface area contributed by atoms with Gasteiger partial charge in [0.05, 0.1) is 11.1 Å². The molecule has 0 heterocycles. The van der Waals surface area contributed by atoms with Crippen molar-refractivity contribution in [2.45, 2.75) is 19.3 Å². The molecule has 0 aliphatic heterocycles. The molecule has 1 unspecified atom stereocenters. The lowest BCUT2D eigenvalue weighted by atomic mass is 9.76. The van der Waals surface area contributed by atoms with E-state index in [0.29, 0.717) is 22.6 Å². The van der Waals surface area contributed by atoms with E-state index in [2.05, 4.69) is 6.92 Å². The van der Waals surface area contributed by atoms with Gasteiger partial charge >= 0.3 is 11.9 Å². The average molecular weight is 437 g/mol. The number of esters is 2. The number of rotatable bonds is 5. The van der Waals surface area contributed by atoms with Crippen molar-refractivity contribution in [1.82, 2.24) is 0 Å². The first-order valence-corrected chi connectivity index (χ1v) is 10.7. The second-order valence-electron chi connectivity index (χ2n) is 7.99. The van der Waals surface area contributed by atoms with E-state index < -0.39 is 17.4 Å². The van der Waals surface area contributed by atoms with Crippen LogP contribution in [0.1, 0.15) is 40.1 Å². The fourth-order valence-electron chi connectivity index (χ4n) is 3.56. The lowest BCUT2D eigenvalue weighted by Gasteiger charge is -2.27. The van der Waals surface area contributed by atoms with Crippen LogP contribution in [0.5, 0.6) is 5.75 Å². The summed E-state index contributed by atoms with van der Waals surface area (Å²) in [7, 11) is 0. The van der Waals surface area contributed by atoms with Crippen molar-refractivity contribution in [1.29, 1.82) is 0 Å². The fourth-order valence-corrected chi connectivity index (χ4v) is 3.56. The van der Waals surface area contributed by atoms with E-state index in [0.717, 1.165) is 11.1 Å². The normalized spacial score (nSPS) is 17.4. The van der Waals surface area contributed by atoms with Crippen LogP contribution in [0.2, 0.25) is 0 Å². The molecule has 164 valence electrons. The predicted molar refractivity (Wildman–Crippen MR) is 128 cm³/mol. The minimum absolute atomic E-state index is 0.394. The molecule has 33 heavy (non-hydrogen) atoms. The third-order valence-corrected chi connectivity index (χ3v) is 5.79. The standard InChI is InChI=1S/C29H24O4/c1-21-13-16-26(33-28(31)23-11-7-4-8-12-23)19-20-29(21,2)24-14-17-25(18-15-24)32-27(30)22-9-5-3-6-10-22/h3-20H,1-2H3. The van der Waals surface area contributed by atoms with Gasteiger partial charge < -0.3 is 9.47 Å². The van der Waals surface area contributed by atoms with Crippen molar-refractivity contribution in [3.63, 3.8) is 0 Å². The molecular formula is C29H24O4. The SMILES string of the molecule is CC1=CC=C(OC(=O)c2ccccc2)C=CC1(C)c1ccc(OC(=O)c2ccccc2)cc1. The van der Waals surface area contributed by atoms with Crippen LogP contribution in [0, 0.1) is 0 Å². The predicted octanol–water partition coefficient (Wildman–Crippen LogP) is 6.42. The Labute approximate surface area is 193 Å². The lowest BCUT2D eigenvalue weighted by molar-refractivity contribution is 0.0636. The van der Waals surface area contributed by atoms with Gasteiger partial charge in [-0.25, -0.2) is 9.59 Å². The first kappa shape index (κ1) is 22.0. The molecule has 3 aromatic rings. The molecule has 0 fully saturated rings. The second-order valence-corrected chi connectivity index (χ2v) is 7.99. The Balaban J connectivity index is 1.49. The molecule has 4 nitrogen and oxygen atoms in total. The van der Waals surface area contributed by atoms with Crippen LogP contribution in [0.3, 0.4) is 0 Å². The van der Waals surface area contributed by atoms with Crippen LogP contribution in [0.25, 0.3) is 0 Å². The van der Waals surface area contributed by atoms with Crippen molar-refractivity contribution in [2.75, 3.05) is 0 Å². The molecule has 0 spiro atoms. The second kappa shape index (κ2) is 9.53. The summed E-state index contributed by atoms with van der Waals surface area (Å²) >= 11 is 0. The third kappa shape index (κ3) is 5.01. The Morgan fingerprint density at radius 2 is 1.24 bits per heavy atom. The monoisotopic (exact) mass is 436 g/mol. The van der Waals surface area contributed by atoms with Crippen molar-refractivity contribution >= 4 is 11.9 Å². The number of carbonyl (C=O) groups is 2. The van der Waals surface area contributed by atoms with E-state index >= 15 is 0 Å². The molecule has 1 aliphatic carbocycles. The van der Waals surface area contributed by atoms with Crippen LogP contribution in [0.15, 0.2) is 121 Å². The van der Waals surface area contributed by atoms with E-state index in [1.807, 2.05) is 49.4 Å². The highest BCUT2D eigenvalue weighted by molar-refractivity contribution is 5.91. The maximum absolute atomic E-state index is 12.4. The maximum Gasteiger partial charge on any atom is 0.343 e. The number of allylic oxidation sites excluding steroid dienone is 5. The Bertz CT molecular complexity index is 1240. The largest absolute Gasteiger partial charge is 0.423 e. The highest BCUT2D eigenvalue weighted by atomic mass is 16.5. The molecule has 0 N–H and O–H groups in total. The number of hydrogen-bond donors (Lipinski definition) is 0. The zero-order valence-electron chi connectivity index (χ0n) is 18.5. The van der Waals surface area contributed by atoms with E-state index in [1.54, 1.807) is 66.7 Å². The first-order valence-electron chi connectivity index (χ1n) is 10.7. The van der Waals surface area contributed by atoms with Gasteiger partial charge in [0.25, 0.3) is 0 Å². The minimum Gasteiger partial charge on any atom is -0.423 e.